The van der Waals surface area contributed by atoms with Crippen molar-refractivity contribution in [1.29, 1.82) is 0 Å². The second kappa shape index (κ2) is 7.62. The summed E-state index contributed by atoms with van der Waals surface area (Å²) < 4.78 is 5.41. The maximum atomic E-state index is 10.4. The smallest absolute Gasteiger partial charge is 0.123 e. The predicted octanol–water partition coefficient (Wildman–Crippen LogP) is 2.05. The lowest BCUT2D eigenvalue weighted by molar-refractivity contribution is 0.0311. The lowest BCUT2D eigenvalue weighted by Gasteiger charge is -2.30. The van der Waals surface area contributed by atoms with Gasteiger partial charge in [-0.25, -0.2) is 0 Å². The second-order valence-electron chi connectivity index (χ2n) is 5.82. The predicted molar refractivity (Wildman–Crippen MR) is 83.2 cm³/mol. The van der Waals surface area contributed by atoms with Crippen molar-refractivity contribution in [2.45, 2.75) is 31.9 Å². The van der Waals surface area contributed by atoms with Crippen molar-refractivity contribution >= 4 is 0 Å². The Morgan fingerprint density at radius 3 is 2.55 bits per heavy atom. The van der Waals surface area contributed by atoms with Crippen LogP contribution in [0.5, 0.6) is 5.75 Å². The number of ether oxygens (including phenoxy) is 1. The summed E-state index contributed by atoms with van der Waals surface area (Å²) in [6.45, 7) is 5.16. The van der Waals surface area contributed by atoms with Crippen molar-refractivity contribution in [1.82, 2.24) is 10.2 Å². The Labute approximate surface area is 122 Å². The summed E-state index contributed by atoms with van der Waals surface area (Å²) in [7, 11) is 5.62. The molecule has 2 unspecified atom stereocenters. The molecule has 114 valence electrons. The molecule has 0 aliphatic carbocycles. The van der Waals surface area contributed by atoms with E-state index in [-0.39, 0.29) is 6.04 Å². The molecule has 0 aliphatic heterocycles. The molecular formula is C16H28N2O2. The molecule has 1 aromatic rings. The number of likely N-dealkylation sites (N-methyl/N-ethyl adjacent to an activating group) is 1. The number of nitrogens with one attached hydrogen (secondary N) is 1. The standard InChI is InChI=1S/C16H28N2O2/c1-6-14(13-9-7-8-10-15(13)20-5)17-11-16(2,19)12-18(3)4/h7-10,14,17,19H,6,11-12H2,1-5H3. The lowest BCUT2D eigenvalue weighted by Crippen LogP contribution is -2.46. The van der Waals surface area contributed by atoms with Crippen LogP contribution in [-0.2, 0) is 0 Å². The van der Waals surface area contributed by atoms with E-state index in [2.05, 4.69) is 18.3 Å². The number of hydrogen-bond acceptors (Lipinski definition) is 4. The van der Waals surface area contributed by atoms with Gasteiger partial charge >= 0.3 is 0 Å². The van der Waals surface area contributed by atoms with E-state index in [1.807, 2.05) is 44.1 Å². The first-order valence-electron chi connectivity index (χ1n) is 7.13. The van der Waals surface area contributed by atoms with Crippen LogP contribution in [0.2, 0.25) is 0 Å². The Hall–Kier alpha value is -1.10. The van der Waals surface area contributed by atoms with Gasteiger partial charge in [-0.2, -0.15) is 0 Å². The maximum Gasteiger partial charge on any atom is 0.123 e. The van der Waals surface area contributed by atoms with Crippen LogP contribution in [0.4, 0.5) is 0 Å². The summed E-state index contributed by atoms with van der Waals surface area (Å²) in [5.41, 5.74) is 0.386. The zero-order valence-corrected chi connectivity index (χ0v) is 13.3. The molecule has 2 atom stereocenters. The molecule has 0 radical (unpaired) electrons. The molecule has 1 rings (SSSR count). The van der Waals surface area contributed by atoms with Crippen molar-refractivity contribution in [3.05, 3.63) is 29.8 Å². The molecule has 0 amide bonds. The van der Waals surface area contributed by atoms with E-state index in [1.54, 1.807) is 7.11 Å². The normalized spacial score (nSPS) is 15.9. The van der Waals surface area contributed by atoms with Gasteiger partial charge in [0.25, 0.3) is 0 Å². The molecular weight excluding hydrogens is 252 g/mol. The Bertz CT molecular complexity index is 405. The summed E-state index contributed by atoms with van der Waals surface area (Å²) in [6, 6.07) is 8.20. The van der Waals surface area contributed by atoms with Crippen LogP contribution in [0.3, 0.4) is 0 Å². The number of nitrogens with zero attached hydrogens (tertiary/aromatic N) is 1. The zero-order valence-electron chi connectivity index (χ0n) is 13.3. The summed E-state index contributed by atoms with van der Waals surface area (Å²) >= 11 is 0. The molecule has 0 saturated heterocycles. The summed E-state index contributed by atoms with van der Waals surface area (Å²) in [4.78, 5) is 1.99. The number of aliphatic hydroxyl groups is 1. The molecule has 0 spiro atoms. The first-order chi connectivity index (χ1) is 9.39. The van der Waals surface area contributed by atoms with E-state index in [4.69, 9.17) is 4.74 Å². The first kappa shape index (κ1) is 17.0. The highest BCUT2D eigenvalue weighted by Crippen LogP contribution is 2.27. The van der Waals surface area contributed by atoms with Gasteiger partial charge in [0.15, 0.2) is 0 Å². The summed E-state index contributed by atoms with van der Waals surface area (Å²) in [5.74, 6) is 0.888. The van der Waals surface area contributed by atoms with Crippen LogP contribution in [0, 0.1) is 0 Å². The zero-order chi connectivity index (χ0) is 15.2. The van der Waals surface area contributed by atoms with Gasteiger partial charge in [0.2, 0.25) is 0 Å². The van der Waals surface area contributed by atoms with Gasteiger partial charge in [-0.3, -0.25) is 0 Å². The van der Waals surface area contributed by atoms with E-state index < -0.39 is 5.60 Å². The molecule has 20 heavy (non-hydrogen) atoms. The summed E-state index contributed by atoms with van der Waals surface area (Å²) in [6.07, 6.45) is 0.943. The third-order valence-corrected chi connectivity index (χ3v) is 3.31. The van der Waals surface area contributed by atoms with Crippen LogP contribution >= 0.6 is 0 Å². The van der Waals surface area contributed by atoms with Crippen LogP contribution in [-0.4, -0.2) is 49.9 Å². The van der Waals surface area contributed by atoms with Crippen LogP contribution in [0.25, 0.3) is 0 Å². The fraction of sp³-hybridized carbons (Fsp3) is 0.625. The van der Waals surface area contributed by atoms with Gasteiger partial charge in [-0.15, -0.1) is 0 Å². The van der Waals surface area contributed by atoms with E-state index in [9.17, 15) is 5.11 Å². The van der Waals surface area contributed by atoms with Crippen molar-refractivity contribution < 1.29 is 9.84 Å². The fourth-order valence-corrected chi connectivity index (χ4v) is 2.51. The third kappa shape index (κ3) is 5.12. The fourth-order valence-electron chi connectivity index (χ4n) is 2.51. The Kier molecular flexibility index (Phi) is 6.46. The van der Waals surface area contributed by atoms with Crippen LogP contribution < -0.4 is 10.1 Å². The van der Waals surface area contributed by atoms with Gasteiger partial charge < -0.3 is 20.1 Å². The highest BCUT2D eigenvalue weighted by atomic mass is 16.5. The van der Waals surface area contributed by atoms with E-state index in [1.165, 1.54) is 0 Å². The van der Waals surface area contributed by atoms with E-state index >= 15 is 0 Å². The molecule has 4 nitrogen and oxygen atoms in total. The number of benzene rings is 1. The molecule has 0 fully saturated rings. The molecule has 0 aliphatic rings. The average Bonchev–Trinajstić information content (AvgIpc) is 2.38. The summed E-state index contributed by atoms with van der Waals surface area (Å²) in [5, 5.41) is 13.8. The Balaban J connectivity index is 2.72. The minimum absolute atomic E-state index is 0.180. The van der Waals surface area contributed by atoms with Crippen molar-refractivity contribution in [3.8, 4) is 5.75 Å². The third-order valence-electron chi connectivity index (χ3n) is 3.31. The lowest BCUT2D eigenvalue weighted by atomic mass is 10.0. The minimum atomic E-state index is -0.751. The first-order valence-corrected chi connectivity index (χ1v) is 7.13. The monoisotopic (exact) mass is 280 g/mol. The quantitative estimate of drug-likeness (QED) is 0.765. The highest BCUT2D eigenvalue weighted by molar-refractivity contribution is 5.35. The highest BCUT2D eigenvalue weighted by Gasteiger charge is 2.23. The number of para-hydroxylation sites is 1. The van der Waals surface area contributed by atoms with E-state index in [0.29, 0.717) is 13.1 Å². The molecule has 1 aromatic carbocycles. The van der Waals surface area contributed by atoms with Gasteiger partial charge in [-0.05, 0) is 33.5 Å². The second-order valence-corrected chi connectivity index (χ2v) is 5.82. The molecule has 4 heteroatoms. The van der Waals surface area contributed by atoms with Crippen molar-refractivity contribution in [2.24, 2.45) is 0 Å². The molecule has 0 aromatic heterocycles. The minimum Gasteiger partial charge on any atom is -0.496 e. The maximum absolute atomic E-state index is 10.4. The van der Waals surface area contributed by atoms with Gasteiger partial charge in [0.05, 0.1) is 12.7 Å². The van der Waals surface area contributed by atoms with Gasteiger partial charge in [0.1, 0.15) is 5.75 Å². The van der Waals surface area contributed by atoms with Gasteiger partial charge in [0, 0.05) is 24.7 Å². The van der Waals surface area contributed by atoms with Crippen LogP contribution in [0.15, 0.2) is 24.3 Å². The molecule has 0 bridgehead atoms. The Morgan fingerprint density at radius 1 is 1.35 bits per heavy atom. The van der Waals surface area contributed by atoms with Gasteiger partial charge in [-0.1, -0.05) is 25.1 Å². The number of rotatable bonds is 8. The van der Waals surface area contributed by atoms with Crippen LogP contribution in [0.1, 0.15) is 31.9 Å². The van der Waals surface area contributed by atoms with E-state index in [0.717, 1.165) is 17.7 Å². The topological polar surface area (TPSA) is 44.7 Å². The van der Waals surface area contributed by atoms with Crippen molar-refractivity contribution in [3.63, 3.8) is 0 Å². The average molecular weight is 280 g/mol. The number of methoxy groups -OCH3 is 1. The molecule has 0 saturated carbocycles. The molecule has 2 N–H and O–H groups in total. The SMILES string of the molecule is CCC(NCC(C)(O)CN(C)C)c1ccccc1OC. The number of hydrogen-bond donors (Lipinski definition) is 2. The van der Waals surface area contributed by atoms with Crippen molar-refractivity contribution in [2.75, 3.05) is 34.3 Å². The molecule has 0 heterocycles. The largest absolute Gasteiger partial charge is 0.496 e. The Morgan fingerprint density at radius 2 is 2.00 bits per heavy atom.